The molecule has 0 unspecified atom stereocenters. The minimum absolute atomic E-state index is 0.496. The highest BCUT2D eigenvalue weighted by atomic mass is 35.5. The number of halogens is 1. The summed E-state index contributed by atoms with van der Waals surface area (Å²) in [6.45, 7) is 3.22. The van der Waals surface area contributed by atoms with E-state index in [-0.39, 0.29) is 0 Å². The molecule has 0 saturated heterocycles. The fourth-order valence-electron chi connectivity index (χ4n) is 1.98. The largest absolute Gasteiger partial charge is 0.249 e. The summed E-state index contributed by atoms with van der Waals surface area (Å²) in [4.78, 5) is 0. The molecule has 0 aromatic carbocycles. The fraction of sp³-hybridized carbons (Fsp3) is 0.833. The van der Waals surface area contributed by atoms with Crippen LogP contribution in [-0.4, -0.2) is 15.0 Å². The van der Waals surface area contributed by atoms with Gasteiger partial charge in [-0.25, -0.2) is 4.68 Å². The van der Waals surface area contributed by atoms with E-state index >= 15 is 0 Å². The fourth-order valence-corrected chi connectivity index (χ4v) is 2.19. The lowest BCUT2D eigenvalue weighted by atomic mass is 10.2. The van der Waals surface area contributed by atoms with Crippen LogP contribution in [0.1, 0.15) is 50.4 Å². The molecule has 0 aliphatic heterocycles. The van der Waals surface area contributed by atoms with Crippen molar-refractivity contribution < 1.29 is 0 Å². The van der Waals surface area contributed by atoms with Gasteiger partial charge in [0.05, 0.1) is 11.6 Å². The standard InChI is InChI=1S/C12H20ClN3/c1-2-3-4-7-16-12(8-10-5-6-10)11(9-13)14-15-16/h10H,2-9H2,1H3. The maximum Gasteiger partial charge on any atom is 0.101 e. The molecule has 0 N–H and O–H groups in total. The first-order valence-corrected chi connectivity index (χ1v) is 6.85. The predicted molar refractivity (Wildman–Crippen MR) is 65.5 cm³/mol. The smallest absolute Gasteiger partial charge is 0.101 e. The Kier molecular flexibility index (Phi) is 4.22. The van der Waals surface area contributed by atoms with Gasteiger partial charge in [-0.2, -0.15) is 0 Å². The minimum atomic E-state index is 0.496. The molecular weight excluding hydrogens is 222 g/mol. The Labute approximate surface area is 102 Å². The van der Waals surface area contributed by atoms with Gasteiger partial charge in [0.25, 0.3) is 0 Å². The van der Waals surface area contributed by atoms with Crippen molar-refractivity contribution in [1.29, 1.82) is 0 Å². The number of nitrogens with zero attached hydrogens (tertiary/aromatic N) is 3. The second kappa shape index (κ2) is 5.67. The quantitative estimate of drug-likeness (QED) is 0.542. The monoisotopic (exact) mass is 241 g/mol. The molecule has 1 aliphatic carbocycles. The zero-order valence-corrected chi connectivity index (χ0v) is 10.7. The van der Waals surface area contributed by atoms with Crippen molar-refractivity contribution in [3.8, 4) is 0 Å². The highest BCUT2D eigenvalue weighted by molar-refractivity contribution is 6.16. The van der Waals surface area contributed by atoms with Crippen molar-refractivity contribution in [1.82, 2.24) is 15.0 Å². The molecule has 1 heterocycles. The lowest BCUT2D eigenvalue weighted by molar-refractivity contribution is 0.514. The van der Waals surface area contributed by atoms with Crippen molar-refractivity contribution in [3.63, 3.8) is 0 Å². The normalized spacial score (nSPS) is 15.6. The number of alkyl halides is 1. The summed E-state index contributed by atoms with van der Waals surface area (Å²) in [6, 6.07) is 0. The third kappa shape index (κ3) is 2.97. The first-order chi connectivity index (χ1) is 7.85. The van der Waals surface area contributed by atoms with Crippen LogP contribution in [0.4, 0.5) is 0 Å². The molecule has 1 aromatic heterocycles. The summed E-state index contributed by atoms with van der Waals surface area (Å²) in [5.41, 5.74) is 2.28. The maximum absolute atomic E-state index is 5.89. The molecule has 2 rings (SSSR count). The zero-order chi connectivity index (χ0) is 11.4. The SMILES string of the molecule is CCCCCn1nnc(CCl)c1CC1CC1. The predicted octanol–water partition coefficient (Wildman–Crippen LogP) is 3.16. The Balaban J connectivity index is 2.00. The van der Waals surface area contributed by atoms with E-state index in [0.717, 1.165) is 24.6 Å². The van der Waals surface area contributed by atoms with E-state index in [1.165, 1.54) is 37.8 Å². The van der Waals surface area contributed by atoms with E-state index in [1.54, 1.807) is 0 Å². The zero-order valence-electron chi connectivity index (χ0n) is 9.95. The molecule has 90 valence electrons. The van der Waals surface area contributed by atoms with Crippen molar-refractivity contribution >= 4 is 11.6 Å². The van der Waals surface area contributed by atoms with Gasteiger partial charge in [-0.15, -0.1) is 16.7 Å². The Hall–Kier alpha value is -0.570. The Morgan fingerprint density at radius 3 is 2.81 bits per heavy atom. The van der Waals surface area contributed by atoms with E-state index in [9.17, 15) is 0 Å². The van der Waals surface area contributed by atoms with Gasteiger partial charge < -0.3 is 0 Å². The molecule has 16 heavy (non-hydrogen) atoms. The molecular formula is C12H20ClN3. The number of aromatic nitrogens is 3. The molecule has 0 atom stereocenters. The first kappa shape index (κ1) is 11.9. The minimum Gasteiger partial charge on any atom is -0.249 e. The third-order valence-corrected chi connectivity index (χ3v) is 3.45. The van der Waals surface area contributed by atoms with Crippen molar-refractivity contribution in [3.05, 3.63) is 11.4 Å². The average Bonchev–Trinajstić information content (AvgIpc) is 3.02. The van der Waals surface area contributed by atoms with Gasteiger partial charge in [-0.05, 0) is 31.6 Å². The Bertz CT molecular complexity index is 331. The lowest BCUT2D eigenvalue weighted by Gasteiger charge is -2.06. The molecule has 1 aromatic rings. The first-order valence-electron chi connectivity index (χ1n) is 6.32. The van der Waals surface area contributed by atoms with Crippen LogP contribution < -0.4 is 0 Å². The summed E-state index contributed by atoms with van der Waals surface area (Å²) >= 11 is 5.89. The summed E-state index contributed by atoms with van der Waals surface area (Å²) in [5, 5.41) is 8.40. The molecule has 3 nitrogen and oxygen atoms in total. The van der Waals surface area contributed by atoms with E-state index in [0.29, 0.717) is 5.88 Å². The molecule has 0 amide bonds. The number of rotatable bonds is 7. The van der Waals surface area contributed by atoms with E-state index < -0.39 is 0 Å². The van der Waals surface area contributed by atoms with Gasteiger partial charge >= 0.3 is 0 Å². The number of aryl methyl sites for hydroxylation is 1. The van der Waals surface area contributed by atoms with Gasteiger partial charge in [-0.1, -0.05) is 25.0 Å². The maximum atomic E-state index is 5.89. The van der Waals surface area contributed by atoms with Gasteiger partial charge in [0, 0.05) is 6.54 Å². The molecule has 4 heteroatoms. The van der Waals surface area contributed by atoms with Gasteiger partial charge in [-0.3, -0.25) is 0 Å². The molecule has 1 saturated carbocycles. The summed E-state index contributed by atoms with van der Waals surface area (Å²) in [5.74, 6) is 1.36. The lowest BCUT2D eigenvalue weighted by Crippen LogP contribution is -2.07. The molecule has 0 spiro atoms. The van der Waals surface area contributed by atoms with Gasteiger partial charge in [0.15, 0.2) is 0 Å². The molecule has 0 radical (unpaired) electrons. The van der Waals surface area contributed by atoms with Crippen molar-refractivity contribution in [2.24, 2.45) is 5.92 Å². The molecule has 1 aliphatic rings. The number of hydrogen-bond acceptors (Lipinski definition) is 2. The third-order valence-electron chi connectivity index (χ3n) is 3.20. The summed E-state index contributed by atoms with van der Waals surface area (Å²) in [6.07, 6.45) is 7.55. The van der Waals surface area contributed by atoms with Crippen LogP contribution in [0.3, 0.4) is 0 Å². The van der Waals surface area contributed by atoms with Crippen molar-refractivity contribution in [2.75, 3.05) is 0 Å². The molecule has 1 fully saturated rings. The van der Waals surface area contributed by atoms with Crippen LogP contribution in [0.15, 0.2) is 0 Å². The van der Waals surface area contributed by atoms with Crippen LogP contribution in [0.2, 0.25) is 0 Å². The summed E-state index contributed by atoms with van der Waals surface area (Å²) in [7, 11) is 0. The highest BCUT2D eigenvalue weighted by Gasteiger charge is 2.25. The second-order valence-corrected chi connectivity index (χ2v) is 4.96. The second-order valence-electron chi connectivity index (χ2n) is 4.69. The van der Waals surface area contributed by atoms with Gasteiger partial charge in [0.2, 0.25) is 0 Å². The van der Waals surface area contributed by atoms with Crippen LogP contribution in [0.25, 0.3) is 0 Å². The van der Waals surface area contributed by atoms with Crippen LogP contribution in [0.5, 0.6) is 0 Å². The topological polar surface area (TPSA) is 30.7 Å². The Morgan fingerprint density at radius 2 is 2.19 bits per heavy atom. The van der Waals surface area contributed by atoms with E-state index in [2.05, 4.69) is 21.9 Å². The number of unbranched alkanes of at least 4 members (excludes halogenated alkanes) is 2. The Morgan fingerprint density at radius 1 is 1.38 bits per heavy atom. The van der Waals surface area contributed by atoms with Crippen LogP contribution in [-0.2, 0) is 18.8 Å². The summed E-state index contributed by atoms with van der Waals surface area (Å²) < 4.78 is 2.08. The van der Waals surface area contributed by atoms with Gasteiger partial charge in [0.1, 0.15) is 5.69 Å². The highest BCUT2D eigenvalue weighted by Crippen LogP contribution is 2.33. The van der Waals surface area contributed by atoms with E-state index in [1.807, 2.05) is 0 Å². The van der Waals surface area contributed by atoms with Crippen LogP contribution >= 0.6 is 11.6 Å². The molecule has 0 bridgehead atoms. The van der Waals surface area contributed by atoms with Crippen molar-refractivity contribution in [2.45, 2.75) is 57.9 Å². The average molecular weight is 242 g/mol. The van der Waals surface area contributed by atoms with E-state index in [4.69, 9.17) is 11.6 Å². The van der Waals surface area contributed by atoms with Crippen LogP contribution in [0, 0.1) is 5.92 Å². The number of hydrogen-bond donors (Lipinski definition) is 0.